The second-order valence-electron chi connectivity index (χ2n) is 5.52. The summed E-state index contributed by atoms with van der Waals surface area (Å²) >= 11 is 6.43. The van der Waals surface area contributed by atoms with E-state index in [0.29, 0.717) is 11.5 Å². The number of halogens is 1. The van der Waals surface area contributed by atoms with Crippen LogP contribution in [0.4, 0.5) is 0 Å². The van der Waals surface area contributed by atoms with Crippen LogP contribution in [-0.2, 0) is 0 Å². The van der Waals surface area contributed by atoms with E-state index >= 15 is 0 Å². The lowest BCUT2D eigenvalue weighted by molar-refractivity contribution is -0.0359. The third-order valence-electron chi connectivity index (χ3n) is 4.58. The summed E-state index contributed by atoms with van der Waals surface area (Å²) in [6.07, 6.45) is 6.48. The molecule has 0 aromatic heterocycles. The van der Waals surface area contributed by atoms with Crippen LogP contribution in [0.15, 0.2) is 24.3 Å². The Hall–Kier alpha value is -0.690. The van der Waals surface area contributed by atoms with Crippen LogP contribution in [0.2, 0.25) is 0 Å². The van der Waals surface area contributed by atoms with Crippen molar-refractivity contribution in [2.45, 2.75) is 50.5 Å². The first-order valence-corrected chi connectivity index (χ1v) is 7.02. The van der Waals surface area contributed by atoms with Crippen molar-refractivity contribution >= 4 is 11.6 Å². The van der Waals surface area contributed by atoms with Crippen LogP contribution in [-0.4, -0.2) is 11.5 Å². The van der Waals surface area contributed by atoms with Crippen molar-refractivity contribution in [1.82, 2.24) is 0 Å². The van der Waals surface area contributed by atoms with E-state index in [1.54, 1.807) is 0 Å². The lowest BCUT2D eigenvalue weighted by atomic mass is 9.64. The maximum atomic E-state index is 6.43. The molecule has 2 heteroatoms. The third kappa shape index (κ3) is 1.76. The van der Waals surface area contributed by atoms with Crippen LogP contribution in [0.3, 0.4) is 0 Å². The van der Waals surface area contributed by atoms with Crippen molar-refractivity contribution in [2.24, 2.45) is 5.41 Å². The molecule has 17 heavy (non-hydrogen) atoms. The summed E-state index contributed by atoms with van der Waals surface area (Å²) < 4.78 is 6.20. The van der Waals surface area contributed by atoms with E-state index in [2.05, 4.69) is 25.1 Å². The minimum atomic E-state index is 0.282. The standard InChI is InChI=1S/C15H19ClO/c1-11-6-2-3-7-12(11)17-14-10-13(16)15(14)8-4-5-9-15/h2-3,6-7,13-14H,4-5,8-10H2,1H3. The Kier molecular flexibility index (Phi) is 2.82. The van der Waals surface area contributed by atoms with Gasteiger partial charge in [0.1, 0.15) is 11.9 Å². The van der Waals surface area contributed by atoms with Gasteiger partial charge in [0.15, 0.2) is 0 Å². The molecule has 2 saturated carbocycles. The predicted octanol–water partition coefficient (Wildman–Crippen LogP) is 4.31. The third-order valence-corrected chi connectivity index (χ3v) is 5.20. The van der Waals surface area contributed by atoms with Crippen molar-refractivity contribution < 1.29 is 4.74 Å². The Morgan fingerprint density at radius 2 is 1.94 bits per heavy atom. The topological polar surface area (TPSA) is 9.23 Å². The lowest BCUT2D eigenvalue weighted by Gasteiger charge is -2.51. The van der Waals surface area contributed by atoms with Gasteiger partial charge < -0.3 is 4.74 Å². The number of ether oxygens (including phenoxy) is 1. The molecule has 2 aliphatic rings. The first kappa shape index (κ1) is 11.4. The van der Waals surface area contributed by atoms with Crippen LogP contribution in [0.1, 0.15) is 37.7 Å². The van der Waals surface area contributed by atoms with Gasteiger partial charge in [0, 0.05) is 17.2 Å². The van der Waals surface area contributed by atoms with E-state index in [1.807, 2.05) is 6.07 Å². The van der Waals surface area contributed by atoms with Crippen LogP contribution in [0.25, 0.3) is 0 Å². The van der Waals surface area contributed by atoms with Crippen LogP contribution < -0.4 is 4.74 Å². The molecule has 92 valence electrons. The molecule has 2 aliphatic carbocycles. The van der Waals surface area contributed by atoms with E-state index in [9.17, 15) is 0 Å². The number of para-hydroxylation sites is 1. The van der Waals surface area contributed by atoms with Crippen LogP contribution in [0.5, 0.6) is 5.75 Å². The van der Waals surface area contributed by atoms with Gasteiger partial charge in [-0.1, -0.05) is 31.0 Å². The Bertz CT molecular complexity index is 409. The first-order valence-electron chi connectivity index (χ1n) is 6.59. The van der Waals surface area contributed by atoms with E-state index in [0.717, 1.165) is 12.2 Å². The zero-order chi connectivity index (χ0) is 11.9. The number of aryl methyl sites for hydroxylation is 1. The highest BCUT2D eigenvalue weighted by atomic mass is 35.5. The Morgan fingerprint density at radius 3 is 2.59 bits per heavy atom. The van der Waals surface area contributed by atoms with Crippen molar-refractivity contribution in [3.05, 3.63) is 29.8 Å². The van der Waals surface area contributed by atoms with E-state index < -0.39 is 0 Å². The number of alkyl halides is 1. The number of rotatable bonds is 2. The highest BCUT2D eigenvalue weighted by Crippen LogP contribution is 2.57. The van der Waals surface area contributed by atoms with Gasteiger partial charge in [0.2, 0.25) is 0 Å². The SMILES string of the molecule is Cc1ccccc1OC1CC(Cl)C12CCCC2. The van der Waals surface area contributed by atoms with Crippen molar-refractivity contribution in [1.29, 1.82) is 0 Å². The fourth-order valence-corrected chi connectivity index (χ4v) is 3.89. The van der Waals surface area contributed by atoms with E-state index in [-0.39, 0.29) is 5.41 Å². The minimum absolute atomic E-state index is 0.282. The molecule has 0 radical (unpaired) electrons. The average Bonchev–Trinajstić information content (AvgIpc) is 2.83. The fraction of sp³-hybridized carbons (Fsp3) is 0.600. The second-order valence-corrected chi connectivity index (χ2v) is 6.04. The summed E-state index contributed by atoms with van der Waals surface area (Å²) in [4.78, 5) is 0. The van der Waals surface area contributed by atoms with Gasteiger partial charge in [0.05, 0.1) is 0 Å². The lowest BCUT2D eigenvalue weighted by Crippen LogP contribution is -2.55. The molecule has 1 aromatic carbocycles. The van der Waals surface area contributed by atoms with Gasteiger partial charge in [-0.15, -0.1) is 11.6 Å². The molecule has 1 spiro atoms. The normalized spacial score (nSPS) is 30.2. The number of hydrogen-bond acceptors (Lipinski definition) is 1. The minimum Gasteiger partial charge on any atom is -0.489 e. The maximum Gasteiger partial charge on any atom is 0.122 e. The maximum absolute atomic E-state index is 6.43. The summed E-state index contributed by atoms with van der Waals surface area (Å²) in [5.41, 5.74) is 1.50. The molecule has 1 aromatic rings. The molecule has 1 nitrogen and oxygen atoms in total. The molecule has 2 unspecified atom stereocenters. The highest BCUT2D eigenvalue weighted by Gasteiger charge is 2.56. The summed E-state index contributed by atoms with van der Waals surface area (Å²) in [5, 5.41) is 0.332. The zero-order valence-electron chi connectivity index (χ0n) is 10.3. The number of benzene rings is 1. The predicted molar refractivity (Wildman–Crippen MR) is 70.8 cm³/mol. The van der Waals surface area contributed by atoms with Gasteiger partial charge in [-0.25, -0.2) is 0 Å². The Morgan fingerprint density at radius 1 is 1.24 bits per heavy atom. The Balaban J connectivity index is 1.77. The molecule has 0 heterocycles. The highest BCUT2D eigenvalue weighted by molar-refractivity contribution is 6.21. The summed E-state index contributed by atoms with van der Waals surface area (Å²) in [6, 6.07) is 8.27. The molecule has 2 fully saturated rings. The average molecular weight is 251 g/mol. The zero-order valence-corrected chi connectivity index (χ0v) is 11.0. The fourth-order valence-electron chi connectivity index (χ4n) is 3.37. The molecular formula is C15H19ClO. The molecule has 0 aliphatic heterocycles. The Labute approximate surface area is 108 Å². The van der Waals surface area contributed by atoms with Gasteiger partial charge in [-0.2, -0.15) is 0 Å². The molecule has 0 N–H and O–H groups in total. The summed E-state index contributed by atoms with van der Waals surface area (Å²) in [5.74, 6) is 1.03. The first-order chi connectivity index (χ1) is 8.22. The van der Waals surface area contributed by atoms with E-state index in [1.165, 1.54) is 31.2 Å². The van der Waals surface area contributed by atoms with Gasteiger partial charge in [-0.05, 0) is 31.4 Å². The molecule has 3 rings (SSSR count). The van der Waals surface area contributed by atoms with Crippen LogP contribution in [0, 0.1) is 12.3 Å². The molecule has 0 saturated heterocycles. The van der Waals surface area contributed by atoms with Crippen molar-refractivity contribution in [3.63, 3.8) is 0 Å². The van der Waals surface area contributed by atoms with E-state index in [4.69, 9.17) is 16.3 Å². The molecule has 2 atom stereocenters. The molecule has 0 amide bonds. The van der Waals surface area contributed by atoms with Gasteiger partial charge in [0.25, 0.3) is 0 Å². The molecule has 0 bridgehead atoms. The second kappa shape index (κ2) is 4.20. The van der Waals surface area contributed by atoms with Gasteiger partial charge >= 0.3 is 0 Å². The number of hydrogen-bond donors (Lipinski definition) is 0. The molecular weight excluding hydrogens is 232 g/mol. The quantitative estimate of drug-likeness (QED) is 0.711. The smallest absolute Gasteiger partial charge is 0.122 e. The van der Waals surface area contributed by atoms with Crippen molar-refractivity contribution in [3.8, 4) is 5.75 Å². The summed E-state index contributed by atoms with van der Waals surface area (Å²) in [7, 11) is 0. The van der Waals surface area contributed by atoms with Gasteiger partial charge in [-0.3, -0.25) is 0 Å². The monoisotopic (exact) mass is 250 g/mol. The van der Waals surface area contributed by atoms with Crippen LogP contribution >= 0.6 is 11.6 Å². The van der Waals surface area contributed by atoms with Crippen molar-refractivity contribution in [2.75, 3.05) is 0 Å². The summed E-state index contributed by atoms with van der Waals surface area (Å²) in [6.45, 7) is 2.10. The largest absolute Gasteiger partial charge is 0.489 e.